The Kier molecular flexibility index (Phi) is 5.14. The molecule has 6 heteroatoms. The van der Waals surface area contributed by atoms with E-state index in [1.54, 1.807) is 38.1 Å². The molecule has 0 aliphatic heterocycles. The lowest BCUT2D eigenvalue weighted by Gasteiger charge is -2.25. The molecule has 0 aromatic heterocycles. The molecule has 0 saturated heterocycles. The van der Waals surface area contributed by atoms with Crippen LogP contribution in [0.4, 0.5) is 5.69 Å². The van der Waals surface area contributed by atoms with E-state index in [4.69, 9.17) is 16.3 Å². The number of amides is 1. The van der Waals surface area contributed by atoms with E-state index in [2.05, 4.69) is 5.32 Å². The number of Topliss-reactive ketones (excluding diaryl/α,β-unsaturated/α-hetero) is 1. The highest BCUT2D eigenvalue weighted by atomic mass is 35.5. The van der Waals surface area contributed by atoms with Crippen LogP contribution < -0.4 is 10.1 Å². The predicted octanol–water partition coefficient (Wildman–Crippen LogP) is 4.04. The quantitative estimate of drug-likeness (QED) is 0.632. The maximum absolute atomic E-state index is 12.4. The summed E-state index contributed by atoms with van der Waals surface area (Å²) in [5.41, 5.74) is -0.612. The van der Waals surface area contributed by atoms with Crippen molar-refractivity contribution in [2.45, 2.75) is 26.4 Å². The third kappa shape index (κ3) is 4.26. The Balaban J connectivity index is 2.12. The summed E-state index contributed by atoms with van der Waals surface area (Å²) in [6.07, 6.45) is 0. The fourth-order valence-electron chi connectivity index (χ4n) is 1.97. The van der Waals surface area contributed by atoms with Gasteiger partial charge in [-0.05, 0) is 63.2 Å². The van der Waals surface area contributed by atoms with Crippen molar-refractivity contribution in [1.29, 1.82) is 0 Å². The van der Waals surface area contributed by atoms with Gasteiger partial charge in [0.2, 0.25) is 0 Å². The summed E-state index contributed by atoms with van der Waals surface area (Å²) in [5, 5.41) is 13.1. The molecule has 2 rings (SSSR count). The second-order valence-corrected chi connectivity index (χ2v) is 6.24. The molecule has 0 unspecified atom stereocenters. The molecule has 2 aromatic rings. The number of nitrogens with one attached hydrogen (secondary N) is 1. The van der Waals surface area contributed by atoms with E-state index in [0.717, 1.165) is 0 Å². The van der Waals surface area contributed by atoms with Crippen LogP contribution in [0.1, 0.15) is 31.1 Å². The normalized spacial score (nSPS) is 11.0. The number of hydrogen-bond donors (Lipinski definition) is 2. The number of ketones is 1. The summed E-state index contributed by atoms with van der Waals surface area (Å²) in [5.74, 6) is -0.299. The standard InChI is InChI=1S/C18H18ClNO4/c1-11(21)12-4-9-15(16(22)10-12)20-17(23)18(2,3)24-14-7-5-13(19)6-8-14/h4-10,22H,1-3H3,(H,20,23). The van der Waals surface area contributed by atoms with Gasteiger partial charge < -0.3 is 15.2 Å². The van der Waals surface area contributed by atoms with Crippen LogP contribution in [0.5, 0.6) is 11.5 Å². The number of phenolic OH excluding ortho intramolecular Hbond substituents is 1. The second-order valence-electron chi connectivity index (χ2n) is 5.81. The Bertz CT molecular complexity index is 769. The van der Waals surface area contributed by atoms with Crippen LogP contribution in [0.3, 0.4) is 0 Å². The van der Waals surface area contributed by atoms with E-state index < -0.39 is 11.5 Å². The molecule has 0 aliphatic carbocycles. The summed E-state index contributed by atoms with van der Waals surface area (Å²) in [7, 11) is 0. The SMILES string of the molecule is CC(=O)c1ccc(NC(=O)C(C)(C)Oc2ccc(Cl)cc2)c(O)c1. The van der Waals surface area contributed by atoms with Crippen molar-refractivity contribution in [2.24, 2.45) is 0 Å². The van der Waals surface area contributed by atoms with Crippen LogP contribution >= 0.6 is 11.6 Å². The van der Waals surface area contributed by atoms with Gasteiger partial charge in [0.1, 0.15) is 11.5 Å². The molecule has 0 radical (unpaired) electrons. The van der Waals surface area contributed by atoms with Crippen molar-refractivity contribution in [3.63, 3.8) is 0 Å². The van der Waals surface area contributed by atoms with Crippen molar-refractivity contribution < 1.29 is 19.4 Å². The predicted molar refractivity (Wildman–Crippen MR) is 92.9 cm³/mol. The Morgan fingerprint density at radius 2 is 1.75 bits per heavy atom. The minimum Gasteiger partial charge on any atom is -0.506 e. The molecule has 5 nitrogen and oxygen atoms in total. The van der Waals surface area contributed by atoms with Gasteiger partial charge in [-0.2, -0.15) is 0 Å². The number of carbonyl (C=O) groups excluding carboxylic acids is 2. The summed E-state index contributed by atoms with van der Waals surface area (Å²) in [6, 6.07) is 11.0. The molecule has 0 bridgehead atoms. The van der Waals surface area contributed by atoms with Gasteiger partial charge in [0.25, 0.3) is 5.91 Å². The average molecular weight is 348 g/mol. The van der Waals surface area contributed by atoms with Crippen LogP contribution in [0.15, 0.2) is 42.5 Å². The number of aromatic hydroxyl groups is 1. The Labute approximate surface area is 145 Å². The van der Waals surface area contributed by atoms with Gasteiger partial charge in [-0.3, -0.25) is 9.59 Å². The first-order chi connectivity index (χ1) is 11.2. The summed E-state index contributed by atoms with van der Waals surface area (Å²) in [6.45, 7) is 4.62. The first-order valence-corrected chi connectivity index (χ1v) is 7.67. The van der Waals surface area contributed by atoms with Gasteiger partial charge >= 0.3 is 0 Å². The lowest BCUT2D eigenvalue weighted by atomic mass is 10.1. The molecule has 1 amide bonds. The lowest BCUT2D eigenvalue weighted by Crippen LogP contribution is -2.42. The third-order valence-corrected chi connectivity index (χ3v) is 3.64. The fraction of sp³-hybridized carbons (Fsp3) is 0.222. The Morgan fingerprint density at radius 3 is 2.29 bits per heavy atom. The highest BCUT2D eigenvalue weighted by molar-refractivity contribution is 6.30. The Hall–Kier alpha value is -2.53. The van der Waals surface area contributed by atoms with Crippen molar-refractivity contribution >= 4 is 29.0 Å². The fourth-order valence-corrected chi connectivity index (χ4v) is 2.10. The van der Waals surface area contributed by atoms with Gasteiger partial charge in [0.15, 0.2) is 11.4 Å². The van der Waals surface area contributed by atoms with E-state index in [9.17, 15) is 14.7 Å². The smallest absolute Gasteiger partial charge is 0.268 e. The van der Waals surface area contributed by atoms with Crippen molar-refractivity contribution in [3.05, 3.63) is 53.1 Å². The second kappa shape index (κ2) is 6.93. The lowest BCUT2D eigenvalue weighted by molar-refractivity contribution is -0.128. The average Bonchev–Trinajstić information content (AvgIpc) is 2.51. The molecule has 0 fully saturated rings. The molecule has 126 valence electrons. The van der Waals surface area contributed by atoms with Crippen molar-refractivity contribution in [3.8, 4) is 11.5 Å². The van der Waals surface area contributed by atoms with Gasteiger partial charge in [0, 0.05) is 10.6 Å². The van der Waals surface area contributed by atoms with E-state index >= 15 is 0 Å². The monoisotopic (exact) mass is 347 g/mol. The maximum Gasteiger partial charge on any atom is 0.268 e. The number of rotatable bonds is 5. The molecule has 0 saturated carbocycles. The minimum atomic E-state index is -1.18. The van der Waals surface area contributed by atoms with Crippen LogP contribution in [-0.2, 0) is 4.79 Å². The molecular formula is C18H18ClNO4. The topological polar surface area (TPSA) is 75.6 Å². The van der Waals surface area contributed by atoms with Gasteiger partial charge in [-0.15, -0.1) is 0 Å². The van der Waals surface area contributed by atoms with Crippen LogP contribution in [0.2, 0.25) is 5.02 Å². The molecule has 24 heavy (non-hydrogen) atoms. The number of anilines is 1. The number of phenols is 1. The van der Waals surface area contributed by atoms with E-state index in [0.29, 0.717) is 16.3 Å². The largest absolute Gasteiger partial charge is 0.506 e. The number of hydrogen-bond acceptors (Lipinski definition) is 4. The summed E-state index contributed by atoms with van der Waals surface area (Å²) in [4.78, 5) is 23.7. The number of benzene rings is 2. The first-order valence-electron chi connectivity index (χ1n) is 7.29. The molecule has 0 heterocycles. The molecule has 2 aromatic carbocycles. The maximum atomic E-state index is 12.4. The minimum absolute atomic E-state index is 0.172. The van der Waals surface area contributed by atoms with Crippen LogP contribution in [-0.4, -0.2) is 22.4 Å². The van der Waals surface area contributed by atoms with Crippen molar-refractivity contribution in [1.82, 2.24) is 0 Å². The zero-order valence-electron chi connectivity index (χ0n) is 13.6. The van der Waals surface area contributed by atoms with Gasteiger partial charge in [0.05, 0.1) is 5.69 Å². The molecule has 0 atom stereocenters. The highest BCUT2D eigenvalue weighted by Crippen LogP contribution is 2.27. The van der Waals surface area contributed by atoms with Crippen LogP contribution in [0, 0.1) is 0 Å². The number of carbonyl (C=O) groups is 2. The van der Waals surface area contributed by atoms with Crippen LogP contribution in [0.25, 0.3) is 0 Å². The molecule has 2 N–H and O–H groups in total. The highest BCUT2D eigenvalue weighted by Gasteiger charge is 2.30. The van der Waals surface area contributed by atoms with Gasteiger partial charge in [-0.25, -0.2) is 0 Å². The van der Waals surface area contributed by atoms with Crippen molar-refractivity contribution in [2.75, 3.05) is 5.32 Å². The summed E-state index contributed by atoms with van der Waals surface area (Å²) < 4.78 is 5.69. The number of halogens is 1. The first kappa shape index (κ1) is 17.8. The van der Waals surface area contributed by atoms with Gasteiger partial charge in [-0.1, -0.05) is 11.6 Å². The molecule has 0 spiro atoms. The van der Waals surface area contributed by atoms with E-state index in [-0.39, 0.29) is 17.2 Å². The summed E-state index contributed by atoms with van der Waals surface area (Å²) >= 11 is 5.82. The zero-order valence-corrected chi connectivity index (χ0v) is 14.3. The van der Waals surface area contributed by atoms with E-state index in [1.807, 2.05) is 0 Å². The Morgan fingerprint density at radius 1 is 1.12 bits per heavy atom. The third-order valence-electron chi connectivity index (χ3n) is 3.39. The molecule has 0 aliphatic rings. The van der Waals surface area contributed by atoms with E-state index in [1.165, 1.54) is 25.1 Å². The zero-order chi connectivity index (χ0) is 17.9. The number of ether oxygens (including phenoxy) is 1. The molecular weight excluding hydrogens is 330 g/mol.